The van der Waals surface area contributed by atoms with Crippen LogP contribution in [0, 0.1) is 0 Å². The number of halogens is 8. The highest BCUT2D eigenvalue weighted by molar-refractivity contribution is 8.04. The molecule has 1 atom stereocenters. The van der Waals surface area contributed by atoms with Crippen LogP contribution < -0.4 is 0 Å². The summed E-state index contributed by atoms with van der Waals surface area (Å²) in [5, 5.41) is 0. The summed E-state index contributed by atoms with van der Waals surface area (Å²) in [5.41, 5.74) is -15.8. The van der Waals surface area contributed by atoms with Crippen LogP contribution in [0.4, 0.5) is 26.3 Å². The van der Waals surface area contributed by atoms with Gasteiger partial charge < -0.3 is 0 Å². The van der Waals surface area contributed by atoms with E-state index in [1.165, 1.54) is 0 Å². The lowest BCUT2D eigenvalue weighted by Crippen LogP contribution is -2.62. The lowest BCUT2D eigenvalue weighted by atomic mass is 10.2. The largest absolute Gasteiger partial charge is 0.512 e. The van der Waals surface area contributed by atoms with E-state index in [1.807, 2.05) is 0 Å². The van der Waals surface area contributed by atoms with E-state index in [1.54, 1.807) is 0 Å². The van der Waals surface area contributed by atoms with E-state index >= 15 is 0 Å². The van der Waals surface area contributed by atoms with Crippen LogP contribution in [0.15, 0.2) is 0 Å². The van der Waals surface area contributed by atoms with E-state index in [0.717, 1.165) is 6.92 Å². The molecule has 0 aliphatic carbocycles. The summed E-state index contributed by atoms with van der Waals surface area (Å²) < 4.78 is 119. The zero-order valence-electron chi connectivity index (χ0n) is 10.6. The van der Waals surface area contributed by atoms with Gasteiger partial charge in [0.15, 0.2) is 0 Å². The summed E-state index contributed by atoms with van der Waals surface area (Å²) in [5.74, 6) is 0. The molecule has 0 N–H and O–H groups in total. The third-order valence-corrected chi connectivity index (χ3v) is 7.18. The molecule has 0 radical (unpaired) electrons. The van der Waals surface area contributed by atoms with Crippen molar-refractivity contribution in [1.29, 1.82) is 0 Å². The molecule has 0 aliphatic rings. The minimum Gasteiger partial charge on any atom is -0.202 e. The molecule has 6 nitrogen and oxygen atoms in total. The first kappa shape index (κ1) is 22.0. The number of hydrogen-bond acceptors (Lipinski definition) is 5. The van der Waals surface area contributed by atoms with E-state index in [0.29, 0.717) is 6.92 Å². The second-order valence-corrected chi connectivity index (χ2v) is 8.54. The minimum atomic E-state index is -6.98. The van der Waals surface area contributed by atoms with E-state index in [4.69, 9.17) is 23.6 Å². The van der Waals surface area contributed by atoms with Crippen LogP contribution in [0.2, 0.25) is 0 Å². The van der Waals surface area contributed by atoms with Gasteiger partial charge >= 0.3 is 31.1 Å². The fraction of sp³-hybridized carbons (Fsp3) is 1.00. The Balaban J connectivity index is 6.81. The van der Waals surface area contributed by atoms with Crippen molar-refractivity contribution in [2.45, 2.75) is 36.9 Å². The Morgan fingerprint density at radius 3 is 1.27 bits per heavy atom. The maximum absolute atomic E-state index is 12.6. The minimum absolute atomic E-state index is 0.375. The Hall–Kier alpha value is -0.0200. The topological polar surface area (TPSA) is 74.8 Å². The summed E-state index contributed by atoms with van der Waals surface area (Å²) in [4.78, 5) is 0. The first-order valence-electron chi connectivity index (χ1n) is 4.92. The van der Waals surface area contributed by atoms with Gasteiger partial charge in [-0.05, 0) is 36.9 Å². The Kier molecular flexibility index (Phi) is 6.12. The normalized spacial score (nSPS) is 17.8. The lowest BCUT2D eigenvalue weighted by Gasteiger charge is -2.39. The van der Waals surface area contributed by atoms with Gasteiger partial charge in [0, 0.05) is 0 Å². The molecular formula is C6H8Cl2F6N2O4S2. The highest BCUT2D eigenvalue weighted by atomic mass is 35.5. The Bertz CT molecular complexity index is 572. The molecule has 1 unspecified atom stereocenters. The molecule has 22 heavy (non-hydrogen) atoms. The molecule has 0 aromatic carbocycles. The van der Waals surface area contributed by atoms with Crippen molar-refractivity contribution in [3.63, 3.8) is 0 Å². The van der Waals surface area contributed by atoms with Crippen molar-refractivity contribution in [2.75, 3.05) is 0 Å². The number of hydrogen-bond donors (Lipinski definition) is 0. The summed E-state index contributed by atoms with van der Waals surface area (Å²) in [7, 11) is -14.0. The zero-order chi connectivity index (χ0) is 18.4. The summed E-state index contributed by atoms with van der Waals surface area (Å²) in [6.07, 6.45) is -0.926. The highest BCUT2D eigenvalue weighted by Crippen LogP contribution is 2.43. The number of alkyl halides is 6. The molecule has 0 aromatic rings. The molecule has 0 fully saturated rings. The van der Waals surface area contributed by atoms with Crippen molar-refractivity contribution < 1.29 is 43.2 Å². The van der Waals surface area contributed by atoms with E-state index < -0.39 is 50.8 Å². The van der Waals surface area contributed by atoms with Gasteiger partial charge in [-0.1, -0.05) is 10.6 Å². The second kappa shape index (κ2) is 6.12. The van der Waals surface area contributed by atoms with Gasteiger partial charge in [0.05, 0.1) is 0 Å². The zero-order valence-corrected chi connectivity index (χ0v) is 13.7. The van der Waals surface area contributed by atoms with Crippen molar-refractivity contribution in [1.82, 2.24) is 7.65 Å². The molecule has 0 spiro atoms. The molecule has 16 heteroatoms. The summed E-state index contributed by atoms with van der Waals surface area (Å²) in [6, 6.07) is 0. The van der Waals surface area contributed by atoms with Crippen molar-refractivity contribution in [3.8, 4) is 0 Å². The molecule has 0 bridgehead atoms. The van der Waals surface area contributed by atoms with E-state index in [-0.39, 0.29) is 0 Å². The molecular weight excluding hydrogens is 413 g/mol. The highest BCUT2D eigenvalue weighted by Gasteiger charge is 2.67. The maximum Gasteiger partial charge on any atom is 0.512 e. The van der Waals surface area contributed by atoms with Crippen molar-refractivity contribution in [2.24, 2.45) is 0 Å². The van der Waals surface area contributed by atoms with Gasteiger partial charge in [0.2, 0.25) is 0 Å². The van der Waals surface area contributed by atoms with Gasteiger partial charge in [-0.3, -0.25) is 0 Å². The predicted molar refractivity (Wildman–Crippen MR) is 64.0 cm³/mol. The van der Waals surface area contributed by atoms with Crippen LogP contribution >= 0.6 is 23.6 Å². The van der Waals surface area contributed by atoms with Crippen molar-refractivity contribution in [3.05, 3.63) is 0 Å². The SMILES string of the molecule is CCC(C)(N(Cl)Cl)N(S(=O)(=O)C(F)(F)F)S(=O)(=O)C(F)(F)F. The summed E-state index contributed by atoms with van der Waals surface area (Å²) in [6.45, 7) is 1.25. The van der Waals surface area contributed by atoms with Crippen LogP contribution in [0.25, 0.3) is 0 Å². The fourth-order valence-corrected chi connectivity index (χ4v) is 5.09. The molecule has 0 aromatic heterocycles. The van der Waals surface area contributed by atoms with Crippen LogP contribution in [0.1, 0.15) is 20.3 Å². The molecule has 0 aliphatic heterocycles. The van der Waals surface area contributed by atoms with Gasteiger partial charge in [-0.2, -0.15) is 26.3 Å². The quantitative estimate of drug-likeness (QED) is 0.388. The van der Waals surface area contributed by atoms with Crippen LogP contribution in [0.5, 0.6) is 0 Å². The molecule has 134 valence electrons. The standard InChI is InChI=1S/C6H8Cl2F6N2O4S2/c1-3-4(2,15(7)8)16(21(17,18)5(9,10)11)22(19,20)6(12,13)14/h3H2,1-2H3. The van der Waals surface area contributed by atoms with E-state index in [9.17, 15) is 43.2 Å². The smallest absolute Gasteiger partial charge is 0.202 e. The second-order valence-electron chi connectivity index (χ2n) is 3.90. The third-order valence-electron chi connectivity index (χ3n) is 2.45. The molecule has 0 heterocycles. The van der Waals surface area contributed by atoms with Crippen molar-refractivity contribution >= 4 is 43.6 Å². The average molecular weight is 421 g/mol. The van der Waals surface area contributed by atoms with Gasteiger partial charge in [-0.25, -0.2) is 16.8 Å². The Labute approximate surface area is 131 Å². The van der Waals surface area contributed by atoms with Crippen LogP contribution in [-0.4, -0.2) is 41.2 Å². The maximum atomic E-state index is 12.6. The van der Waals surface area contributed by atoms with Gasteiger partial charge in [0.1, 0.15) is 5.66 Å². The van der Waals surface area contributed by atoms with Crippen LogP contribution in [0.3, 0.4) is 0 Å². The number of nitrogens with zero attached hydrogens (tertiary/aromatic N) is 2. The Morgan fingerprint density at radius 1 is 0.864 bits per heavy atom. The fourth-order valence-electron chi connectivity index (χ4n) is 1.15. The van der Waals surface area contributed by atoms with Gasteiger partial charge in [0.25, 0.3) is 0 Å². The Morgan fingerprint density at radius 2 is 1.14 bits per heavy atom. The van der Waals surface area contributed by atoms with E-state index in [2.05, 4.69) is 0 Å². The predicted octanol–water partition coefficient (Wildman–Crippen LogP) is 2.72. The summed E-state index contributed by atoms with van der Waals surface area (Å²) >= 11 is 10.2. The monoisotopic (exact) mass is 420 g/mol. The lowest BCUT2D eigenvalue weighted by molar-refractivity contribution is -0.0589. The third kappa shape index (κ3) is 3.56. The average Bonchev–Trinajstić information content (AvgIpc) is 2.24. The molecule has 0 rings (SSSR count). The van der Waals surface area contributed by atoms with Crippen LogP contribution in [-0.2, 0) is 20.0 Å². The first-order valence-corrected chi connectivity index (χ1v) is 8.48. The molecule has 0 amide bonds. The first-order chi connectivity index (χ1) is 9.37. The molecule has 0 saturated heterocycles. The number of rotatable bonds is 5. The molecule has 0 saturated carbocycles. The number of sulfonamides is 2. The van der Waals surface area contributed by atoms with Gasteiger partial charge in [-0.15, -0.1) is 3.94 Å².